The molecule has 0 spiro atoms. The highest BCUT2D eigenvalue weighted by Crippen LogP contribution is 2.14. The Kier molecular flexibility index (Phi) is 3.36. The maximum atomic E-state index is 5.77. The lowest BCUT2D eigenvalue weighted by atomic mass is 10.1. The lowest BCUT2D eigenvalue weighted by Crippen LogP contribution is -1.96. The Labute approximate surface area is 78.9 Å². The number of aryl methyl sites for hydroxylation is 1. The summed E-state index contributed by atoms with van der Waals surface area (Å²) in [7, 11) is 0. The predicted octanol–water partition coefficient (Wildman–Crippen LogP) is 1.28. The van der Waals surface area contributed by atoms with Crippen LogP contribution in [0.25, 0.3) is 0 Å². The van der Waals surface area contributed by atoms with Gasteiger partial charge in [-0.25, -0.2) is 0 Å². The standard InChI is InChI=1S/C11H14N2/c1-9-5-4-7-11(13)10(9)6-2-3-8-12/h4-5,7H,3,8,12-13H2,1H3. The van der Waals surface area contributed by atoms with Crippen LogP contribution >= 0.6 is 0 Å². The van der Waals surface area contributed by atoms with Crippen LogP contribution in [0.4, 0.5) is 5.69 Å². The van der Waals surface area contributed by atoms with Crippen LogP contribution in [0.2, 0.25) is 0 Å². The van der Waals surface area contributed by atoms with E-state index in [1.807, 2.05) is 25.1 Å². The first kappa shape index (κ1) is 9.63. The van der Waals surface area contributed by atoms with Crippen LogP contribution in [0.5, 0.6) is 0 Å². The molecule has 0 saturated carbocycles. The van der Waals surface area contributed by atoms with Gasteiger partial charge in [-0.15, -0.1) is 0 Å². The van der Waals surface area contributed by atoms with Crippen LogP contribution < -0.4 is 11.5 Å². The van der Waals surface area contributed by atoms with Crippen LogP contribution in [-0.4, -0.2) is 6.54 Å². The van der Waals surface area contributed by atoms with Crippen molar-refractivity contribution < 1.29 is 0 Å². The van der Waals surface area contributed by atoms with E-state index in [9.17, 15) is 0 Å². The van der Waals surface area contributed by atoms with E-state index in [1.54, 1.807) is 0 Å². The Balaban J connectivity index is 2.95. The van der Waals surface area contributed by atoms with Gasteiger partial charge in [0.2, 0.25) is 0 Å². The van der Waals surface area contributed by atoms with E-state index < -0.39 is 0 Å². The summed E-state index contributed by atoms with van der Waals surface area (Å²) in [5, 5.41) is 0. The van der Waals surface area contributed by atoms with Crippen molar-refractivity contribution >= 4 is 5.69 Å². The molecule has 2 heteroatoms. The second-order valence-electron chi connectivity index (χ2n) is 2.88. The van der Waals surface area contributed by atoms with Crippen molar-refractivity contribution in [1.29, 1.82) is 0 Å². The van der Waals surface area contributed by atoms with Crippen molar-refractivity contribution in [3.05, 3.63) is 29.3 Å². The van der Waals surface area contributed by atoms with Crippen LogP contribution in [0.3, 0.4) is 0 Å². The van der Waals surface area contributed by atoms with Gasteiger partial charge in [0.15, 0.2) is 0 Å². The van der Waals surface area contributed by atoms with E-state index in [2.05, 4.69) is 11.8 Å². The smallest absolute Gasteiger partial charge is 0.0504 e. The summed E-state index contributed by atoms with van der Waals surface area (Å²) >= 11 is 0. The number of benzene rings is 1. The second-order valence-corrected chi connectivity index (χ2v) is 2.88. The molecule has 1 aromatic carbocycles. The van der Waals surface area contributed by atoms with E-state index in [1.165, 1.54) is 0 Å². The molecule has 0 fully saturated rings. The molecule has 2 nitrogen and oxygen atoms in total. The highest BCUT2D eigenvalue weighted by atomic mass is 14.6. The minimum Gasteiger partial charge on any atom is -0.398 e. The lowest BCUT2D eigenvalue weighted by Gasteiger charge is -2.00. The number of nitrogens with two attached hydrogens (primary N) is 2. The molecular weight excluding hydrogens is 160 g/mol. The molecule has 0 aromatic heterocycles. The Morgan fingerprint density at radius 3 is 2.77 bits per heavy atom. The van der Waals surface area contributed by atoms with E-state index in [0.717, 1.165) is 16.8 Å². The van der Waals surface area contributed by atoms with Gasteiger partial charge in [0, 0.05) is 18.7 Å². The quantitative estimate of drug-likeness (QED) is 0.497. The first-order valence-corrected chi connectivity index (χ1v) is 4.29. The molecule has 0 radical (unpaired) electrons. The van der Waals surface area contributed by atoms with Gasteiger partial charge in [0.05, 0.1) is 5.56 Å². The highest BCUT2D eigenvalue weighted by Gasteiger charge is 1.97. The number of hydrogen-bond acceptors (Lipinski definition) is 2. The van der Waals surface area contributed by atoms with Crippen molar-refractivity contribution in [1.82, 2.24) is 0 Å². The molecule has 0 heterocycles. The minimum atomic E-state index is 0.596. The van der Waals surface area contributed by atoms with E-state index in [4.69, 9.17) is 11.5 Å². The van der Waals surface area contributed by atoms with E-state index in [-0.39, 0.29) is 0 Å². The summed E-state index contributed by atoms with van der Waals surface area (Å²) in [6.45, 7) is 2.60. The van der Waals surface area contributed by atoms with Crippen molar-refractivity contribution in [3.8, 4) is 11.8 Å². The molecule has 0 bridgehead atoms. The SMILES string of the molecule is Cc1cccc(N)c1C#CCCN. The highest BCUT2D eigenvalue weighted by molar-refractivity contribution is 5.59. The maximum Gasteiger partial charge on any atom is 0.0504 e. The predicted molar refractivity (Wildman–Crippen MR) is 56.1 cm³/mol. The molecule has 0 aliphatic heterocycles. The maximum absolute atomic E-state index is 5.77. The fraction of sp³-hybridized carbons (Fsp3) is 0.273. The first-order chi connectivity index (χ1) is 6.25. The monoisotopic (exact) mass is 174 g/mol. The normalized spacial score (nSPS) is 9.08. The van der Waals surface area contributed by atoms with Crippen LogP contribution in [0, 0.1) is 18.8 Å². The Bertz CT molecular complexity index is 325. The van der Waals surface area contributed by atoms with Crippen LogP contribution in [0.1, 0.15) is 17.5 Å². The lowest BCUT2D eigenvalue weighted by molar-refractivity contribution is 1.03. The van der Waals surface area contributed by atoms with Gasteiger partial charge in [-0.05, 0) is 18.6 Å². The second kappa shape index (κ2) is 4.54. The summed E-state index contributed by atoms with van der Waals surface area (Å²) in [4.78, 5) is 0. The molecule has 13 heavy (non-hydrogen) atoms. The molecule has 4 N–H and O–H groups in total. The zero-order chi connectivity index (χ0) is 9.68. The van der Waals surface area contributed by atoms with Crippen LogP contribution in [0.15, 0.2) is 18.2 Å². The average molecular weight is 174 g/mol. The van der Waals surface area contributed by atoms with Gasteiger partial charge in [-0.3, -0.25) is 0 Å². The molecule has 0 amide bonds. The fourth-order valence-corrected chi connectivity index (χ4v) is 1.08. The minimum absolute atomic E-state index is 0.596. The summed E-state index contributed by atoms with van der Waals surface area (Å²) in [6, 6.07) is 5.79. The first-order valence-electron chi connectivity index (χ1n) is 4.29. The third kappa shape index (κ3) is 2.50. The van der Waals surface area contributed by atoms with E-state index >= 15 is 0 Å². The third-order valence-electron chi connectivity index (χ3n) is 1.79. The molecule has 0 saturated heterocycles. The van der Waals surface area contributed by atoms with Gasteiger partial charge in [-0.1, -0.05) is 24.0 Å². The number of anilines is 1. The van der Waals surface area contributed by atoms with Crippen molar-refractivity contribution in [3.63, 3.8) is 0 Å². The van der Waals surface area contributed by atoms with Gasteiger partial charge in [0.1, 0.15) is 0 Å². The summed E-state index contributed by atoms with van der Waals surface area (Å²) < 4.78 is 0. The molecule has 68 valence electrons. The Hall–Kier alpha value is -1.46. The van der Waals surface area contributed by atoms with Crippen molar-refractivity contribution in [2.24, 2.45) is 5.73 Å². The third-order valence-corrected chi connectivity index (χ3v) is 1.79. The summed E-state index contributed by atoms with van der Waals surface area (Å²) in [6.07, 6.45) is 0.716. The van der Waals surface area contributed by atoms with Gasteiger partial charge in [0.25, 0.3) is 0 Å². The van der Waals surface area contributed by atoms with Gasteiger partial charge >= 0.3 is 0 Å². The topological polar surface area (TPSA) is 52.0 Å². The molecule has 0 aliphatic rings. The molecule has 1 rings (SSSR count). The molecular formula is C11H14N2. The zero-order valence-corrected chi connectivity index (χ0v) is 7.80. The number of nitrogen functional groups attached to an aromatic ring is 1. The summed E-state index contributed by atoms with van der Waals surface area (Å²) in [5.41, 5.74) is 13.9. The molecule has 1 aromatic rings. The molecule has 0 atom stereocenters. The average Bonchev–Trinajstić information content (AvgIpc) is 2.10. The van der Waals surface area contributed by atoms with Crippen molar-refractivity contribution in [2.45, 2.75) is 13.3 Å². The van der Waals surface area contributed by atoms with Crippen molar-refractivity contribution in [2.75, 3.05) is 12.3 Å². The number of rotatable bonds is 1. The largest absolute Gasteiger partial charge is 0.398 e. The molecule has 0 unspecified atom stereocenters. The fourth-order valence-electron chi connectivity index (χ4n) is 1.08. The Morgan fingerprint density at radius 2 is 2.15 bits per heavy atom. The van der Waals surface area contributed by atoms with Gasteiger partial charge < -0.3 is 11.5 Å². The Morgan fingerprint density at radius 1 is 1.38 bits per heavy atom. The zero-order valence-electron chi connectivity index (χ0n) is 7.80. The van der Waals surface area contributed by atoms with Crippen LogP contribution in [-0.2, 0) is 0 Å². The van der Waals surface area contributed by atoms with E-state index in [0.29, 0.717) is 13.0 Å². The molecule has 0 aliphatic carbocycles. The van der Waals surface area contributed by atoms with Gasteiger partial charge in [-0.2, -0.15) is 0 Å². The number of hydrogen-bond donors (Lipinski definition) is 2. The summed E-state index contributed by atoms with van der Waals surface area (Å²) in [5.74, 6) is 6.01.